The van der Waals surface area contributed by atoms with Crippen LogP contribution in [0.1, 0.15) is 26.2 Å². The Morgan fingerprint density at radius 1 is 1.71 bits per heavy atom. The lowest BCUT2D eigenvalue weighted by Crippen LogP contribution is -2.28. The molecule has 0 heterocycles. The predicted molar refractivity (Wildman–Crippen MR) is 53.5 cm³/mol. The summed E-state index contributed by atoms with van der Waals surface area (Å²) < 4.78 is 29.3. The Bertz CT molecular complexity index is 201. The molecular formula is C9H13BrF2O2. The van der Waals surface area contributed by atoms with Gasteiger partial charge in [0.15, 0.2) is 0 Å². The van der Waals surface area contributed by atoms with Gasteiger partial charge in [-0.05, 0) is 6.42 Å². The minimum Gasteiger partial charge on any atom is -0.457 e. The molecule has 0 saturated heterocycles. The van der Waals surface area contributed by atoms with Crippen molar-refractivity contribution in [3.05, 3.63) is 12.7 Å². The summed E-state index contributed by atoms with van der Waals surface area (Å²) >= 11 is 1.94. The van der Waals surface area contributed by atoms with Crippen LogP contribution in [0, 0.1) is 0 Å². The highest BCUT2D eigenvalue weighted by atomic mass is 79.9. The van der Waals surface area contributed by atoms with Gasteiger partial charge in [0.1, 0.15) is 6.10 Å². The molecule has 1 unspecified atom stereocenters. The van der Waals surface area contributed by atoms with E-state index in [1.54, 1.807) is 6.08 Å². The maximum atomic E-state index is 12.4. The number of hydrogen-bond acceptors (Lipinski definition) is 2. The molecule has 0 bridgehead atoms. The third-order valence-corrected chi connectivity index (χ3v) is 1.87. The monoisotopic (exact) mass is 270 g/mol. The first-order chi connectivity index (χ1) is 6.41. The highest BCUT2D eigenvalue weighted by Gasteiger charge is 2.38. The molecule has 0 radical (unpaired) electrons. The van der Waals surface area contributed by atoms with E-state index in [0.29, 0.717) is 12.8 Å². The van der Waals surface area contributed by atoms with Crippen molar-refractivity contribution in [2.24, 2.45) is 0 Å². The van der Waals surface area contributed by atoms with Gasteiger partial charge >= 0.3 is 10.8 Å². The Morgan fingerprint density at radius 3 is 2.64 bits per heavy atom. The van der Waals surface area contributed by atoms with E-state index in [9.17, 15) is 13.6 Å². The van der Waals surface area contributed by atoms with Gasteiger partial charge in [-0.3, -0.25) is 0 Å². The Morgan fingerprint density at radius 2 is 2.29 bits per heavy atom. The molecule has 0 aromatic rings. The number of hydrogen-bond donors (Lipinski definition) is 0. The van der Waals surface area contributed by atoms with Gasteiger partial charge in [-0.1, -0.05) is 19.4 Å². The first-order valence-electron chi connectivity index (χ1n) is 4.30. The normalized spacial score (nSPS) is 13.4. The van der Waals surface area contributed by atoms with Crippen LogP contribution >= 0.6 is 15.9 Å². The number of carbonyl (C=O) groups is 1. The molecule has 0 N–H and O–H groups in total. The van der Waals surface area contributed by atoms with Crippen molar-refractivity contribution in [2.75, 3.05) is 0 Å². The molecule has 14 heavy (non-hydrogen) atoms. The lowest BCUT2D eigenvalue weighted by atomic mass is 10.1. The van der Waals surface area contributed by atoms with Gasteiger partial charge in [0.05, 0.1) is 0 Å². The Labute approximate surface area is 90.4 Å². The molecular weight excluding hydrogens is 258 g/mol. The summed E-state index contributed by atoms with van der Waals surface area (Å²) in [6, 6.07) is 0. The first kappa shape index (κ1) is 13.5. The van der Waals surface area contributed by atoms with Gasteiger partial charge in [-0.25, -0.2) is 4.79 Å². The molecule has 82 valence electrons. The van der Waals surface area contributed by atoms with Crippen LogP contribution in [0.4, 0.5) is 8.78 Å². The van der Waals surface area contributed by atoms with Gasteiger partial charge in [-0.15, -0.1) is 6.58 Å². The first-order valence-corrected chi connectivity index (χ1v) is 5.09. The smallest absolute Gasteiger partial charge is 0.396 e. The molecule has 1 atom stereocenters. The SMILES string of the molecule is C=CCC(CCC)OC(=O)C(F)(F)Br. The number of ether oxygens (including phenoxy) is 1. The zero-order valence-corrected chi connectivity index (χ0v) is 9.52. The molecule has 0 aliphatic rings. The second-order valence-electron chi connectivity index (χ2n) is 2.84. The molecule has 0 saturated carbocycles. The van der Waals surface area contributed by atoms with E-state index in [0.717, 1.165) is 6.42 Å². The van der Waals surface area contributed by atoms with Gasteiger partial charge in [0.2, 0.25) is 0 Å². The third kappa shape index (κ3) is 5.32. The molecule has 0 aliphatic carbocycles. The highest BCUT2D eigenvalue weighted by molar-refractivity contribution is 9.10. The molecule has 0 rings (SSSR count). The number of halogens is 3. The largest absolute Gasteiger partial charge is 0.457 e. The molecule has 0 fully saturated rings. The molecule has 0 spiro atoms. The standard InChI is InChI=1S/C9H13BrF2O2/c1-3-5-7(6-4-2)14-8(13)9(10,11)12/h3,7H,1,4-6H2,2H3. The summed E-state index contributed by atoms with van der Waals surface area (Å²) in [7, 11) is 0. The lowest BCUT2D eigenvalue weighted by Gasteiger charge is -2.17. The van der Waals surface area contributed by atoms with E-state index in [2.05, 4.69) is 11.3 Å². The topological polar surface area (TPSA) is 26.3 Å². The van der Waals surface area contributed by atoms with Crippen molar-refractivity contribution in [1.82, 2.24) is 0 Å². The minimum absolute atomic E-state index is 0.392. The Kier molecular flexibility index (Phi) is 5.92. The summed E-state index contributed by atoms with van der Waals surface area (Å²) in [6.45, 7) is 5.35. The van der Waals surface area contributed by atoms with Crippen molar-refractivity contribution in [3.63, 3.8) is 0 Å². The van der Waals surface area contributed by atoms with E-state index in [4.69, 9.17) is 0 Å². The summed E-state index contributed by atoms with van der Waals surface area (Å²) in [6.07, 6.45) is 2.75. The van der Waals surface area contributed by atoms with E-state index in [1.165, 1.54) is 0 Å². The average molecular weight is 271 g/mol. The molecule has 0 aliphatic heterocycles. The molecule has 0 aromatic heterocycles. The second-order valence-corrected chi connectivity index (χ2v) is 3.83. The Balaban J connectivity index is 4.15. The second kappa shape index (κ2) is 6.11. The predicted octanol–water partition coefficient (Wildman–Crippen LogP) is 3.26. The van der Waals surface area contributed by atoms with Crippen LogP contribution < -0.4 is 0 Å². The quantitative estimate of drug-likeness (QED) is 0.421. The fraction of sp³-hybridized carbons (Fsp3) is 0.667. The molecule has 2 nitrogen and oxygen atoms in total. The van der Waals surface area contributed by atoms with Crippen molar-refractivity contribution in [3.8, 4) is 0 Å². The number of carbonyl (C=O) groups excluding carboxylic acids is 1. The lowest BCUT2D eigenvalue weighted by molar-refractivity contribution is -0.165. The third-order valence-electron chi connectivity index (χ3n) is 1.55. The summed E-state index contributed by atoms with van der Waals surface area (Å²) in [5.74, 6) is -1.54. The van der Waals surface area contributed by atoms with Crippen LogP contribution in [0.3, 0.4) is 0 Å². The van der Waals surface area contributed by atoms with Crippen molar-refractivity contribution in [2.45, 2.75) is 37.1 Å². The van der Waals surface area contributed by atoms with E-state index in [-0.39, 0.29) is 0 Å². The number of alkyl halides is 3. The molecule has 5 heteroatoms. The fourth-order valence-electron chi connectivity index (χ4n) is 0.951. The molecule has 0 aromatic carbocycles. The van der Waals surface area contributed by atoms with Crippen LogP contribution in [0.25, 0.3) is 0 Å². The van der Waals surface area contributed by atoms with E-state index < -0.39 is 16.9 Å². The van der Waals surface area contributed by atoms with Crippen LogP contribution in [-0.4, -0.2) is 16.9 Å². The maximum Gasteiger partial charge on any atom is 0.396 e. The van der Waals surface area contributed by atoms with Crippen LogP contribution in [0.2, 0.25) is 0 Å². The van der Waals surface area contributed by atoms with E-state index >= 15 is 0 Å². The highest BCUT2D eigenvalue weighted by Crippen LogP contribution is 2.24. The zero-order chi connectivity index (χ0) is 11.2. The van der Waals surface area contributed by atoms with Crippen LogP contribution in [0.5, 0.6) is 0 Å². The number of esters is 1. The van der Waals surface area contributed by atoms with Gasteiger partial charge in [0, 0.05) is 22.4 Å². The van der Waals surface area contributed by atoms with Gasteiger partial charge in [-0.2, -0.15) is 8.78 Å². The maximum absolute atomic E-state index is 12.4. The zero-order valence-electron chi connectivity index (χ0n) is 7.93. The number of rotatable bonds is 6. The Hall–Kier alpha value is -0.450. The fourth-order valence-corrected chi connectivity index (χ4v) is 1.04. The van der Waals surface area contributed by atoms with Crippen molar-refractivity contribution >= 4 is 21.9 Å². The van der Waals surface area contributed by atoms with Crippen molar-refractivity contribution in [1.29, 1.82) is 0 Å². The van der Waals surface area contributed by atoms with Crippen LogP contribution in [-0.2, 0) is 9.53 Å². The van der Waals surface area contributed by atoms with Gasteiger partial charge < -0.3 is 4.74 Å². The minimum atomic E-state index is -3.60. The summed E-state index contributed by atoms with van der Waals surface area (Å²) in [4.78, 5) is 7.17. The molecule has 0 amide bonds. The van der Waals surface area contributed by atoms with E-state index in [1.807, 2.05) is 22.9 Å². The summed E-state index contributed by atoms with van der Waals surface area (Å²) in [5.41, 5.74) is 0. The van der Waals surface area contributed by atoms with Crippen molar-refractivity contribution < 1.29 is 18.3 Å². The van der Waals surface area contributed by atoms with Crippen LogP contribution in [0.15, 0.2) is 12.7 Å². The summed E-state index contributed by atoms with van der Waals surface area (Å²) in [5, 5.41) is 0. The van der Waals surface area contributed by atoms with Gasteiger partial charge in [0.25, 0.3) is 0 Å². The average Bonchev–Trinajstić information content (AvgIpc) is 2.03.